The summed E-state index contributed by atoms with van der Waals surface area (Å²) in [6.07, 6.45) is 1.54. The molecule has 0 N–H and O–H groups in total. The number of nitrogens with zero attached hydrogens (tertiary/aromatic N) is 2. The van der Waals surface area contributed by atoms with Gasteiger partial charge in [-0.05, 0) is 18.4 Å². The summed E-state index contributed by atoms with van der Waals surface area (Å²) >= 11 is 7.83. The Labute approximate surface area is 120 Å². The molecule has 0 unspecified atom stereocenters. The highest BCUT2D eigenvalue weighted by Gasteiger charge is 2.38. The number of aromatic nitrogens is 2. The van der Waals surface area contributed by atoms with E-state index in [1.165, 1.54) is 0 Å². The third-order valence-corrected chi connectivity index (χ3v) is 4.50. The molecule has 102 valence electrons. The number of thiophene rings is 1. The molecule has 0 aliphatic carbocycles. The monoisotopic (exact) mass is 298 g/mol. The summed E-state index contributed by atoms with van der Waals surface area (Å²) in [5.74, 6) is 0.692. The molecule has 1 saturated heterocycles. The molecule has 0 amide bonds. The minimum absolute atomic E-state index is 0.450. The Kier molecular flexibility index (Phi) is 3.71. The van der Waals surface area contributed by atoms with E-state index in [2.05, 4.69) is 9.97 Å². The summed E-state index contributed by atoms with van der Waals surface area (Å²) in [5, 5.41) is 3.40. The molecule has 3 heterocycles. The summed E-state index contributed by atoms with van der Waals surface area (Å²) in [6, 6.07) is 1.95. The van der Waals surface area contributed by atoms with Crippen molar-refractivity contribution in [3.05, 3.63) is 22.4 Å². The summed E-state index contributed by atoms with van der Waals surface area (Å²) in [5.41, 5.74) is -0.450. The number of halogens is 1. The third kappa shape index (κ3) is 2.36. The van der Waals surface area contributed by atoms with Crippen LogP contribution in [0.5, 0.6) is 0 Å². The summed E-state index contributed by atoms with van der Waals surface area (Å²) in [6.45, 7) is 3.96. The van der Waals surface area contributed by atoms with Crippen LogP contribution in [0, 0.1) is 0 Å². The highest BCUT2D eigenvalue weighted by molar-refractivity contribution is 7.16. The van der Waals surface area contributed by atoms with Crippen LogP contribution in [0.2, 0.25) is 5.15 Å². The van der Waals surface area contributed by atoms with Crippen molar-refractivity contribution in [2.45, 2.75) is 25.4 Å². The summed E-state index contributed by atoms with van der Waals surface area (Å²) in [7, 11) is 0. The molecular formula is C13H15ClN2O2S. The number of hydrogen-bond donors (Lipinski definition) is 0. The van der Waals surface area contributed by atoms with Gasteiger partial charge in [-0.3, -0.25) is 0 Å². The second-order valence-corrected chi connectivity index (χ2v) is 5.77. The fourth-order valence-electron chi connectivity index (χ4n) is 2.43. The van der Waals surface area contributed by atoms with Gasteiger partial charge in [0, 0.05) is 38.0 Å². The molecule has 1 aliphatic heterocycles. The lowest BCUT2D eigenvalue weighted by atomic mass is 9.93. The van der Waals surface area contributed by atoms with E-state index >= 15 is 0 Å². The van der Waals surface area contributed by atoms with Crippen LogP contribution in [0.15, 0.2) is 11.4 Å². The maximum absolute atomic E-state index is 6.25. The molecule has 0 spiro atoms. The number of ether oxygens (including phenoxy) is 2. The molecule has 6 heteroatoms. The molecule has 1 aliphatic rings. The zero-order chi connectivity index (χ0) is 13.3. The highest BCUT2D eigenvalue weighted by Crippen LogP contribution is 2.36. The average molecular weight is 299 g/mol. The first-order chi connectivity index (χ1) is 9.25. The van der Waals surface area contributed by atoms with Gasteiger partial charge in [0.15, 0.2) is 5.82 Å². The third-order valence-electron chi connectivity index (χ3n) is 3.41. The average Bonchev–Trinajstić information content (AvgIpc) is 2.89. The first-order valence-corrected chi connectivity index (χ1v) is 7.64. The zero-order valence-corrected chi connectivity index (χ0v) is 12.3. The minimum atomic E-state index is -0.450. The lowest BCUT2D eigenvalue weighted by Gasteiger charge is -2.35. The Morgan fingerprint density at radius 1 is 1.42 bits per heavy atom. The van der Waals surface area contributed by atoms with Crippen molar-refractivity contribution in [1.82, 2.24) is 9.97 Å². The van der Waals surface area contributed by atoms with Gasteiger partial charge in [-0.25, -0.2) is 9.97 Å². The fourth-order valence-corrected chi connectivity index (χ4v) is 3.49. The van der Waals surface area contributed by atoms with Crippen LogP contribution in [0.3, 0.4) is 0 Å². The normalized spacial score (nSPS) is 18.8. The van der Waals surface area contributed by atoms with Gasteiger partial charge >= 0.3 is 0 Å². The highest BCUT2D eigenvalue weighted by atomic mass is 35.5. The predicted octanol–water partition coefficient (Wildman–Crippen LogP) is 3.39. The van der Waals surface area contributed by atoms with E-state index in [0.29, 0.717) is 30.8 Å². The second kappa shape index (κ2) is 5.32. The van der Waals surface area contributed by atoms with Gasteiger partial charge in [0.25, 0.3) is 0 Å². The van der Waals surface area contributed by atoms with E-state index in [1.807, 2.05) is 18.4 Å². The molecule has 0 saturated carbocycles. The van der Waals surface area contributed by atoms with E-state index in [4.69, 9.17) is 21.1 Å². The minimum Gasteiger partial charge on any atom is -0.381 e. The van der Waals surface area contributed by atoms with Crippen LogP contribution in [0.1, 0.15) is 25.6 Å². The van der Waals surface area contributed by atoms with E-state index < -0.39 is 5.60 Å². The van der Waals surface area contributed by atoms with Crippen molar-refractivity contribution in [1.29, 1.82) is 0 Å². The van der Waals surface area contributed by atoms with Crippen molar-refractivity contribution < 1.29 is 9.47 Å². The SMILES string of the molecule is CCOC1(c2nc(Cl)c3ccsc3n2)CCOCC1. The Morgan fingerprint density at radius 3 is 2.95 bits per heavy atom. The molecule has 2 aromatic rings. The predicted molar refractivity (Wildman–Crippen MR) is 75.8 cm³/mol. The Bertz CT molecular complexity index is 576. The van der Waals surface area contributed by atoms with E-state index in [1.54, 1.807) is 11.3 Å². The van der Waals surface area contributed by atoms with Crippen LogP contribution in [0.4, 0.5) is 0 Å². The summed E-state index contributed by atoms with van der Waals surface area (Å²) < 4.78 is 11.4. The lowest BCUT2D eigenvalue weighted by Crippen LogP contribution is -2.38. The van der Waals surface area contributed by atoms with Gasteiger partial charge in [0.1, 0.15) is 15.6 Å². The maximum atomic E-state index is 6.25. The van der Waals surface area contributed by atoms with Crippen molar-refractivity contribution in [3.63, 3.8) is 0 Å². The molecule has 19 heavy (non-hydrogen) atoms. The van der Waals surface area contributed by atoms with Crippen LogP contribution < -0.4 is 0 Å². The number of hydrogen-bond acceptors (Lipinski definition) is 5. The van der Waals surface area contributed by atoms with E-state index in [9.17, 15) is 0 Å². The standard InChI is InChI=1S/C13H15ClN2O2S/c1-2-18-13(4-6-17-7-5-13)12-15-10(14)9-3-8-19-11(9)16-12/h3,8H,2,4-7H2,1H3. The fraction of sp³-hybridized carbons (Fsp3) is 0.538. The maximum Gasteiger partial charge on any atom is 0.163 e. The Morgan fingerprint density at radius 2 is 2.21 bits per heavy atom. The topological polar surface area (TPSA) is 44.2 Å². The first kappa shape index (κ1) is 13.2. The molecule has 0 radical (unpaired) electrons. The van der Waals surface area contributed by atoms with Crippen LogP contribution >= 0.6 is 22.9 Å². The molecule has 3 rings (SSSR count). The van der Waals surface area contributed by atoms with E-state index in [-0.39, 0.29) is 0 Å². The Balaban J connectivity index is 2.08. The quantitative estimate of drug-likeness (QED) is 0.815. The first-order valence-electron chi connectivity index (χ1n) is 6.38. The van der Waals surface area contributed by atoms with Gasteiger partial charge in [0.2, 0.25) is 0 Å². The molecule has 0 atom stereocenters. The molecule has 0 aromatic carbocycles. The lowest BCUT2D eigenvalue weighted by molar-refractivity contribution is -0.117. The van der Waals surface area contributed by atoms with Crippen LogP contribution in [-0.4, -0.2) is 29.8 Å². The van der Waals surface area contributed by atoms with Gasteiger partial charge in [-0.15, -0.1) is 11.3 Å². The van der Waals surface area contributed by atoms with Gasteiger partial charge in [0.05, 0.1) is 0 Å². The van der Waals surface area contributed by atoms with Gasteiger partial charge < -0.3 is 9.47 Å². The second-order valence-electron chi connectivity index (χ2n) is 4.52. The van der Waals surface area contributed by atoms with Crippen molar-refractivity contribution in [2.75, 3.05) is 19.8 Å². The molecule has 2 aromatic heterocycles. The van der Waals surface area contributed by atoms with Crippen molar-refractivity contribution >= 4 is 33.2 Å². The molecule has 1 fully saturated rings. The number of fused-ring (bicyclic) bond motifs is 1. The van der Waals surface area contributed by atoms with Gasteiger partial charge in [-0.1, -0.05) is 11.6 Å². The largest absolute Gasteiger partial charge is 0.381 e. The van der Waals surface area contributed by atoms with Crippen molar-refractivity contribution in [3.8, 4) is 0 Å². The van der Waals surface area contributed by atoms with Crippen LogP contribution in [-0.2, 0) is 15.1 Å². The molecular weight excluding hydrogens is 284 g/mol. The van der Waals surface area contributed by atoms with E-state index in [0.717, 1.165) is 23.1 Å². The Hall–Kier alpha value is -0.750. The number of rotatable bonds is 3. The molecule has 4 nitrogen and oxygen atoms in total. The van der Waals surface area contributed by atoms with Gasteiger partial charge in [-0.2, -0.15) is 0 Å². The molecule has 0 bridgehead atoms. The van der Waals surface area contributed by atoms with Crippen LogP contribution in [0.25, 0.3) is 10.2 Å². The van der Waals surface area contributed by atoms with Crippen molar-refractivity contribution in [2.24, 2.45) is 0 Å². The zero-order valence-electron chi connectivity index (χ0n) is 10.7. The summed E-state index contributed by atoms with van der Waals surface area (Å²) in [4.78, 5) is 10.0. The smallest absolute Gasteiger partial charge is 0.163 e.